The molecule has 0 unspecified atom stereocenters. The summed E-state index contributed by atoms with van der Waals surface area (Å²) in [4.78, 5) is 23.4. The van der Waals surface area contributed by atoms with Crippen molar-refractivity contribution in [2.75, 3.05) is 23.3 Å². The van der Waals surface area contributed by atoms with E-state index in [0.29, 0.717) is 26.7 Å². The highest BCUT2D eigenvalue weighted by Gasteiger charge is 2.55. The number of carboxylic acid groups (broad SMARTS) is 1. The molecule has 40 heavy (non-hydrogen) atoms. The number of carboxylic acids is 1. The number of amides is 1. The molecule has 218 valence electrons. The predicted octanol–water partition coefficient (Wildman–Crippen LogP) is 4.93. The lowest BCUT2D eigenvalue weighted by molar-refractivity contribution is -0.242. The number of aliphatic carboxylic acids is 1. The number of anilines is 2. The van der Waals surface area contributed by atoms with Crippen LogP contribution < -0.4 is 19.1 Å². The molecule has 1 fully saturated rings. The second-order valence-electron chi connectivity index (χ2n) is 10.1. The maximum absolute atomic E-state index is 14.0. The molecule has 10 nitrogen and oxygen atoms in total. The molecule has 1 heterocycles. The maximum atomic E-state index is 14.0. The molecular weight excluding hydrogens is 564 g/mol. The number of sulfonamides is 1. The summed E-state index contributed by atoms with van der Waals surface area (Å²) in [6, 6.07) is 6.66. The monoisotopic (exact) mass is 590 g/mol. The number of hydrogen-bond donors (Lipinski definition) is 2. The minimum absolute atomic E-state index is 0.0279. The third-order valence-corrected chi connectivity index (χ3v) is 8.67. The van der Waals surface area contributed by atoms with E-state index in [9.17, 15) is 40.7 Å². The first-order valence-corrected chi connectivity index (χ1v) is 13.4. The fraction of sp³-hybridized carbons (Fsp3) is 0.440. The lowest BCUT2D eigenvalue weighted by atomic mass is 9.93. The van der Waals surface area contributed by atoms with Crippen molar-refractivity contribution >= 4 is 33.5 Å². The first-order valence-electron chi connectivity index (χ1n) is 11.9. The Morgan fingerprint density at radius 1 is 1.18 bits per heavy atom. The van der Waals surface area contributed by atoms with Gasteiger partial charge in [0.25, 0.3) is 10.0 Å². The Balaban J connectivity index is 1.72. The molecule has 0 aromatic heterocycles. The minimum atomic E-state index is -4.85. The highest BCUT2D eigenvalue weighted by atomic mass is 32.2. The number of rotatable bonds is 8. The highest BCUT2D eigenvalue weighted by Crippen LogP contribution is 2.55. The second kappa shape index (κ2) is 10.0. The number of carbonyl (C=O) groups excluding carboxylic acids is 1. The molecule has 1 aliphatic heterocycles. The van der Waals surface area contributed by atoms with E-state index in [1.54, 1.807) is 0 Å². The molecule has 4 rings (SSSR count). The Morgan fingerprint density at radius 2 is 1.85 bits per heavy atom. The van der Waals surface area contributed by atoms with E-state index in [1.165, 1.54) is 18.2 Å². The topological polar surface area (TPSA) is 131 Å². The Labute approximate surface area is 226 Å². The fourth-order valence-corrected chi connectivity index (χ4v) is 5.79. The smallest absolute Gasteiger partial charge is 0.427 e. The Bertz CT molecular complexity index is 1440. The molecule has 0 bridgehead atoms. The fourth-order valence-electron chi connectivity index (χ4n) is 4.31. The van der Waals surface area contributed by atoms with E-state index in [0.717, 1.165) is 29.6 Å². The SMILES string of the molecule is COc1cc(S(=O)(=O)N2C[C@H](C3(CC(=O)O)CC3)Oc3ccc(NC(=O)OC(C)(C)C(F)(F)F)cc32)ccc1F. The number of carbonyl (C=O) groups is 2. The zero-order valence-corrected chi connectivity index (χ0v) is 22.4. The van der Waals surface area contributed by atoms with Crippen molar-refractivity contribution in [2.45, 2.75) is 55.9 Å². The van der Waals surface area contributed by atoms with E-state index < -0.39 is 51.2 Å². The summed E-state index contributed by atoms with van der Waals surface area (Å²) in [5.41, 5.74) is -3.81. The summed E-state index contributed by atoms with van der Waals surface area (Å²) in [6.45, 7) is 1.02. The number of methoxy groups -OCH3 is 1. The first-order chi connectivity index (χ1) is 18.5. The highest BCUT2D eigenvalue weighted by molar-refractivity contribution is 7.92. The summed E-state index contributed by atoms with van der Waals surface area (Å²) in [5.74, 6) is -2.18. The molecule has 2 N–H and O–H groups in total. The van der Waals surface area contributed by atoms with Crippen LogP contribution in [0.3, 0.4) is 0 Å². The van der Waals surface area contributed by atoms with E-state index in [2.05, 4.69) is 10.1 Å². The van der Waals surface area contributed by atoms with Gasteiger partial charge in [0.05, 0.1) is 30.7 Å². The van der Waals surface area contributed by atoms with Crippen molar-refractivity contribution in [2.24, 2.45) is 5.41 Å². The predicted molar refractivity (Wildman–Crippen MR) is 132 cm³/mol. The number of halogens is 4. The van der Waals surface area contributed by atoms with Gasteiger partial charge in [0.15, 0.2) is 11.6 Å². The van der Waals surface area contributed by atoms with Gasteiger partial charge in [0.1, 0.15) is 11.9 Å². The standard InChI is InChI=1S/C25H26F4N2O8S/c1-23(2,25(27,28)29)39-22(34)30-14-4-7-18-17(10-14)31(13-20(38-18)24(8-9-24)12-21(32)33)40(35,36)15-5-6-16(26)19(11-15)37-3/h4-7,10-11,20H,8-9,12-13H2,1-3H3,(H,30,34)(H,32,33)/t20-/m1/s1. The molecule has 0 radical (unpaired) electrons. The van der Waals surface area contributed by atoms with Crippen molar-refractivity contribution in [1.82, 2.24) is 0 Å². The number of hydrogen-bond acceptors (Lipinski definition) is 7. The van der Waals surface area contributed by atoms with E-state index in [1.807, 2.05) is 0 Å². The van der Waals surface area contributed by atoms with Crippen LogP contribution in [0, 0.1) is 11.2 Å². The number of ether oxygens (including phenoxy) is 3. The van der Waals surface area contributed by atoms with Gasteiger partial charge in [-0.15, -0.1) is 0 Å². The summed E-state index contributed by atoms with van der Waals surface area (Å²) in [5, 5.41) is 11.5. The number of fused-ring (bicyclic) bond motifs is 1. The van der Waals surface area contributed by atoms with Crippen LogP contribution in [0.25, 0.3) is 0 Å². The van der Waals surface area contributed by atoms with Crippen LogP contribution in [0.4, 0.5) is 33.7 Å². The molecule has 2 aromatic rings. The van der Waals surface area contributed by atoms with Gasteiger partial charge in [-0.05, 0) is 57.0 Å². The zero-order chi connectivity index (χ0) is 29.7. The summed E-state index contributed by atoms with van der Waals surface area (Å²) in [6.07, 6.45) is -6.43. The number of alkyl halides is 3. The lowest BCUT2D eigenvalue weighted by Crippen LogP contribution is -2.48. The maximum Gasteiger partial charge on any atom is 0.427 e. The normalized spacial score (nSPS) is 18.3. The average molecular weight is 591 g/mol. The number of nitrogens with zero attached hydrogens (tertiary/aromatic N) is 1. The van der Waals surface area contributed by atoms with Gasteiger partial charge in [-0.1, -0.05) is 0 Å². The van der Waals surface area contributed by atoms with Gasteiger partial charge in [-0.3, -0.25) is 14.4 Å². The van der Waals surface area contributed by atoms with Crippen molar-refractivity contribution < 1.29 is 54.9 Å². The Kier molecular flexibility index (Phi) is 7.32. The summed E-state index contributed by atoms with van der Waals surface area (Å²) in [7, 11) is -3.28. The molecule has 2 aliphatic rings. The van der Waals surface area contributed by atoms with Gasteiger partial charge in [0, 0.05) is 17.2 Å². The van der Waals surface area contributed by atoms with Gasteiger partial charge < -0.3 is 19.3 Å². The number of benzene rings is 2. The third kappa shape index (κ3) is 5.60. The molecule has 15 heteroatoms. The molecule has 0 saturated heterocycles. The van der Waals surface area contributed by atoms with Gasteiger partial charge in [-0.25, -0.2) is 17.6 Å². The lowest BCUT2D eigenvalue weighted by Gasteiger charge is -2.39. The van der Waals surface area contributed by atoms with Gasteiger partial charge in [-0.2, -0.15) is 13.2 Å². The van der Waals surface area contributed by atoms with Crippen molar-refractivity contribution in [3.8, 4) is 11.5 Å². The molecular formula is C25H26F4N2O8S. The quantitative estimate of drug-likeness (QED) is 0.414. The van der Waals surface area contributed by atoms with Crippen LogP contribution in [0.15, 0.2) is 41.3 Å². The van der Waals surface area contributed by atoms with Crippen molar-refractivity contribution in [1.29, 1.82) is 0 Å². The Hall–Kier alpha value is -3.75. The van der Waals surface area contributed by atoms with Crippen LogP contribution in [-0.4, -0.2) is 57.1 Å². The largest absolute Gasteiger partial charge is 0.494 e. The van der Waals surface area contributed by atoms with Gasteiger partial charge >= 0.3 is 18.2 Å². The van der Waals surface area contributed by atoms with Crippen LogP contribution >= 0.6 is 0 Å². The van der Waals surface area contributed by atoms with Gasteiger partial charge in [0.2, 0.25) is 5.60 Å². The van der Waals surface area contributed by atoms with Crippen molar-refractivity contribution in [3.63, 3.8) is 0 Å². The molecule has 2 aromatic carbocycles. The first kappa shape index (κ1) is 29.2. The zero-order valence-electron chi connectivity index (χ0n) is 21.5. The average Bonchev–Trinajstić information content (AvgIpc) is 3.62. The summed E-state index contributed by atoms with van der Waals surface area (Å²) >= 11 is 0. The number of nitrogens with one attached hydrogen (secondary N) is 1. The molecule has 0 spiro atoms. The molecule has 1 aliphatic carbocycles. The Morgan fingerprint density at radius 3 is 2.42 bits per heavy atom. The summed E-state index contributed by atoms with van der Waals surface area (Å²) < 4.78 is 97.4. The van der Waals surface area contributed by atoms with E-state index in [4.69, 9.17) is 9.47 Å². The van der Waals surface area contributed by atoms with Crippen LogP contribution in [0.1, 0.15) is 33.1 Å². The molecule has 1 atom stereocenters. The van der Waals surface area contributed by atoms with Crippen LogP contribution in [-0.2, 0) is 19.6 Å². The minimum Gasteiger partial charge on any atom is -0.494 e. The van der Waals surface area contributed by atoms with Crippen molar-refractivity contribution in [3.05, 3.63) is 42.2 Å². The van der Waals surface area contributed by atoms with Crippen LogP contribution in [0.5, 0.6) is 11.5 Å². The molecule has 1 amide bonds. The second-order valence-corrected chi connectivity index (χ2v) is 11.9. The van der Waals surface area contributed by atoms with E-state index >= 15 is 0 Å². The van der Waals surface area contributed by atoms with E-state index in [-0.39, 0.29) is 40.7 Å². The molecule has 1 saturated carbocycles. The van der Waals surface area contributed by atoms with Crippen LogP contribution in [0.2, 0.25) is 0 Å². The third-order valence-electron chi connectivity index (χ3n) is 6.89.